The van der Waals surface area contributed by atoms with E-state index in [0.717, 1.165) is 25.1 Å². The van der Waals surface area contributed by atoms with Crippen LogP contribution in [0.2, 0.25) is 0 Å². The highest BCUT2D eigenvalue weighted by atomic mass is 16.1. The molecule has 6 heteroatoms. The second kappa shape index (κ2) is 9.27. The summed E-state index contributed by atoms with van der Waals surface area (Å²) in [4.78, 5) is 16.2. The van der Waals surface area contributed by atoms with Crippen LogP contribution in [0.1, 0.15) is 28.2 Å². The number of amides is 1. The minimum absolute atomic E-state index is 0.265. The van der Waals surface area contributed by atoms with Crippen molar-refractivity contribution < 1.29 is 4.79 Å². The predicted molar refractivity (Wildman–Crippen MR) is 101 cm³/mol. The number of hydrogen-bond acceptors (Lipinski definition) is 5. The van der Waals surface area contributed by atoms with Gasteiger partial charge in [-0.25, -0.2) is 0 Å². The molecule has 0 aliphatic heterocycles. The van der Waals surface area contributed by atoms with Crippen LogP contribution < -0.4 is 10.6 Å². The molecule has 6 nitrogen and oxygen atoms in total. The van der Waals surface area contributed by atoms with Gasteiger partial charge in [0, 0.05) is 12.7 Å². The van der Waals surface area contributed by atoms with E-state index in [-0.39, 0.29) is 11.6 Å². The molecule has 0 aliphatic rings. The SMILES string of the molecule is O=C(NCc1ccccn1)c1ccc(NCCCc2ccccc2)nn1. The molecule has 2 N–H and O–H groups in total. The van der Waals surface area contributed by atoms with E-state index in [9.17, 15) is 4.79 Å². The second-order valence-electron chi connectivity index (χ2n) is 5.82. The third-order valence-corrected chi connectivity index (χ3v) is 3.84. The molecule has 0 aliphatic carbocycles. The predicted octanol–water partition coefficient (Wildman–Crippen LogP) is 2.85. The highest BCUT2D eigenvalue weighted by Crippen LogP contribution is 2.05. The molecular formula is C20H21N5O. The lowest BCUT2D eigenvalue weighted by Gasteiger charge is -2.06. The Morgan fingerprint density at radius 1 is 0.923 bits per heavy atom. The number of aromatic nitrogens is 3. The summed E-state index contributed by atoms with van der Waals surface area (Å²) in [6.45, 7) is 1.16. The molecule has 0 fully saturated rings. The molecule has 0 saturated carbocycles. The third kappa shape index (κ3) is 5.37. The Morgan fingerprint density at radius 3 is 2.50 bits per heavy atom. The summed E-state index contributed by atoms with van der Waals surface area (Å²) in [5.74, 6) is 0.401. The molecule has 1 aromatic carbocycles. The fraction of sp³-hybridized carbons (Fsp3) is 0.200. The van der Waals surface area contributed by atoms with Gasteiger partial charge in [0.05, 0.1) is 12.2 Å². The van der Waals surface area contributed by atoms with E-state index >= 15 is 0 Å². The zero-order valence-electron chi connectivity index (χ0n) is 14.4. The van der Waals surface area contributed by atoms with Crippen LogP contribution in [0, 0.1) is 0 Å². The van der Waals surface area contributed by atoms with Crippen molar-refractivity contribution in [3.63, 3.8) is 0 Å². The number of nitrogens with zero attached hydrogens (tertiary/aromatic N) is 3. The van der Waals surface area contributed by atoms with Crippen LogP contribution in [0.25, 0.3) is 0 Å². The zero-order chi connectivity index (χ0) is 18.0. The third-order valence-electron chi connectivity index (χ3n) is 3.84. The van der Waals surface area contributed by atoms with Crippen molar-refractivity contribution in [3.8, 4) is 0 Å². The normalized spacial score (nSPS) is 10.3. The molecule has 0 atom stereocenters. The van der Waals surface area contributed by atoms with Gasteiger partial charge in [0.2, 0.25) is 0 Å². The van der Waals surface area contributed by atoms with E-state index in [1.807, 2.05) is 36.4 Å². The Kier molecular flexibility index (Phi) is 6.25. The number of nitrogens with one attached hydrogen (secondary N) is 2. The Balaban J connectivity index is 1.42. The summed E-state index contributed by atoms with van der Waals surface area (Å²) in [5.41, 5.74) is 2.40. The van der Waals surface area contributed by atoms with E-state index in [4.69, 9.17) is 0 Å². The lowest BCUT2D eigenvalue weighted by atomic mass is 10.1. The number of aryl methyl sites for hydroxylation is 1. The molecule has 3 aromatic rings. The average molecular weight is 347 g/mol. The number of pyridine rings is 1. The molecule has 0 unspecified atom stereocenters. The van der Waals surface area contributed by atoms with Crippen molar-refractivity contribution in [1.82, 2.24) is 20.5 Å². The van der Waals surface area contributed by atoms with Crippen LogP contribution in [-0.4, -0.2) is 27.6 Å². The number of anilines is 1. The number of carbonyl (C=O) groups excluding carboxylic acids is 1. The van der Waals surface area contributed by atoms with E-state index in [1.54, 1.807) is 18.3 Å². The molecule has 132 valence electrons. The van der Waals surface area contributed by atoms with Crippen LogP contribution >= 0.6 is 0 Å². The summed E-state index contributed by atoms with van der Waals surface area (Å²) in [6.07, 6.45) is 3.70. The Hall–Kier alpha value is -3.28. The molecule has 2 heterocycles. The number of rotatable bonds is 8. The van der Waals surface area contributed by atoms with E-state index in [0.29, 0.717) is 12.4 Å². The second-order valence-corrected chi connectivity index (χ2v) is 5.82. The molecule has 26 heavy (non-hydrogen) atoms. The summed E-state index contributed by atoms with van der Waals surface area (Å²) < 4.78 is 0. The summed E-state index contributed by atoms with van der Waals surface area (Å²) in [6, 6.07) is 19.4. The van der Waals surface area contributed by atoms with E-state index < -0.39 is 0 Å². The molecule has 0 saturated heterocycles. The fourth-order valence-electron chi connectivity index (χ4n) is 2.47. The van der Waals surface area contributed by atoms with Crippen LogP contribution in [-0.2, 0) is 13.0 Å². The number of benzene rings is 1. The Labute approximate surface area is 152 Å². The van der Waals surface area contributed by atoms with Gasteiger partial charge >= 0.3 is 0 Å². The largest absolute Gasteiger partial charge is 0.369 e. The minimum atomic E-state index is -0.265. The number of hydrogen-bond donors (Lipinski definition) is 2. The topological polar surface area (TPSA) is 79.8 Å². The van der Waals surface area contributed by atoms with Gasteiger partial charge in [0.25, 0.3) is 5.91 Å². The van der Waals surface area contributed by atoms with Crippen molar-refractivity contribution in [2.45, 2.75) is 19.4 Å². The van der Waals surface area contributed by atoms with Crippen LogP contribution in [0.15, 0.2) is 66.9 Å². The van der Waals surface area contributed by atoms with Crippen molar-refractivity contribution >= 4 is 11.7 Å². The highest BCUT2D eigenvalue weighted by Gasteiger charge is 2.08. The Morgan fingerprint density at radius 2 is 1.77 bits per heavy atom. The first-order valence-corrected chi connectivity index (χ1v) is 8.61. The van der Waals surface area contributed by atoms with E-state index in [2.05, 4.69) is 37.9 Å². The first-order chi connectivity index (χ1) is 12.8. The Bertz CT molecular complexity index is 807. The molecule has 0 radical (unpaired) electrons. The maximum absolute atomic E-state index is 12.1. The van der Waals surface area contributed by atoms with Gasteiger partial charge in [0.1, 0.15) is 5.82 Å². The van der Waals surface area contributed by atoms with Gasteiger partial charge in [-0.3, -0.25) is 9.78 Å². The van der Waals surface area contributed by atoms with Gasteiger partial charge < -0.3 is 10.6 Å². The molecule has 2 aromatic heterocycles. The van der Waals surface area contributed by atoms with Gasteiger partial charge in [-0.05, 0) is 42.7 Å². The molecule has 0 spiro atoms. The van der Waals surface area contributed by atoms with Crippen LogP contribution in [0.4, 0.5) is 5.82 Å². The van der Waals surface area contributed by atoms with Gasteiger partial charge in [0.15, 0.2) is 5.69 Å². The maximum atomic E-state index is 12.1. The number of carbonyl (C=O) groups is 1. The zero-order valence-corrected chi connectivity index (χ0v) is 14.4. The molecule has 3 rings (SSSR count). The van der Waals surface area contributed by atoms with Crippen LogP contribution in [0.5, 0.6) is 0 Å². The fourth-order valence-corrected chi connectivity index (χ4v) is 2.47. The minimum Gasteiger partial charge on any atom is -0.369 e. The highest BCUT2D eigenvalue weighted by molar-refractivity contribution is 5.92. The molecule has 0 bridgehead atoms. The first-order valence-electron chi connectivity index (χ1n) is 8.61. The molecule has 1 amide bonds. The average Bonchev–Trinajstić information content (AvgIpc) is 2.71. The van der Waals surface area contributed by atoms with Gasteiger partial charge in [-0.15, -0.1) is 10.2 Å². The lowest BCUT2D eigenvalue weighted by molar-refractivity contribution is 0.0944. The molecular weight excluding hydrogens is 326 g/mol. The monoisotopic (exact) mass is 347 g/mol. The smallest absolute Gasteiger partial charge is 0.272 e. The maximum Gasteiger partial charge on any atom is 0.272 e. The summed E-state index contributed by atoms with van der Waals surface area (Å²) in [7, 11) is 0. The van der Waals surface area contributed by atoms with Crippen molar-refractivity contribution in [3.05, 3.63) is 83.8 Å². The van der Waals surface area contributed by atoms with Crippen molar-refractivity contribution in [1.29, 1.82) is 0 Å². The van der Waals surface area contributed by atoms with Gasteiger partial charge in [-0.1, -0.05) is 36.4 Å². The summed E-state index contributed by atoms with van der Waals surface area (Å²) in [5, 5.41) is 14.0. The van der Waals surface area contributed by atoms with Crippen LogP contribution in [0.3, 0.4) is 0 Å². The van der Waals surface area contributed by atoms with Crippen molar-refractivity contribution in [2.75, 3.05) is 11.9 Å². The lowest BCUT2D eigenvalue weighted by Crippen LogP contribution is -2.24. The van der Waals surface area contributed by atoms with E-state index in [1.165, 1.54) is 5.56 Å². The van der Waals surface area contributed by atoms with Crippen molar-refractivity contribution in [2.24, 2.45) is 0 Å². The quantitative estimate of drug-likeness (QED) is 0.613. The first kappa shape index (κ1) is 17.5. The summed E-state index contributed by atoms with van der Waals surface area (Å²) >= 11 is 0. The van der Waals surface area contributed by atoms with Gasteiger partial charge in [-0.2, -0.15) is 0 Å². The standard InChI is InChI=1S/C20H21N5O/c26-20(23-15-17-10-4-5-13-21-17)18-11-12-19(25-24-18)22-14-6-9-16-7-2-1-3-8-16/h1-5,7-8,10-13H,6,9,14-15H2,(H,22,25)(H,23,26).